The fourth-order valence-electron chi connectivity index (χ4n) is 4.32. The van der Waals surface area contributed by atoms with E-state index in [-0.39, 0.29) is 11.6 Å². The van der Waals surface area contributed by atoms with Crippen molar-refractivity contribution in [1.82, 2.24) is 24.8 Å². The number of carbonyl (C=O) groups excluding carboxylic acids is 1. The molecule has 0 atom stereocenters. The van der Waals surface area contributed by atoms with E-state index in [1.54, 1.807) is 0 Å². The zero-order valence-electron chi connectivity index (χ0n) is 17.1. The Hall–Kier alpha value is -2.00. The van der Waals surface area contributed by atoms with E-state index in [2.05, 4.69) is 32.2 Å². The fraction of sp³-hybridized carbons (Fsp3) is 0.700. The summed E-state index contributed by atoms with van der Waals surface area (Å²) < 4.78 is 1.52. The minimum absolute atomic E-state index is 0.264. The average Bonchev–Trinajstić information content (AvgIpc) is 3.18. The maximum absolute atomic E-state index is 12.8. The van der Waals surface area contributed by atoms with Gasteiger partial charge in [0.25, 0.3) is 11.5 Å². The van der Waals surface area contributed by atoms with Crippen LogP contribution in [0.2, 0.25) is 0 Å². The number of carbonyl (C=O) groups is 1. The number of hydrogen-bond donors (Lipinski definition) is 1. The molecular formula is C20H30N6O2S. The number of anilines is 1. The van der Waals surface area contributed by atoms with Gasteiger partial charge in [0.1, 0.15) is 5.69 Å². The summed E-state index contributed by atoms with van der Waals surface area (Å²) in [5.41, 5.74) is -0.136. The van der Waals surface area contributed by atoms with Crippen LogP contribution in [0.15, 0.2) is 10.9 Å². The number of likely N-dealkylation sites (N-methyl/N-ethyl adjacent to an activating group) is 1. The third-order valence-corrected chi connectivity index (χ3v) is 7.02. The molecule has 1 saturated carbocycles. The lowest BCUT2D eigenvalue weighted by Crippen LogP contribution is -2.40. The van der Waals surface area contributed by atoms with E-state index < -0.39 is 5.56 Å². The zero-order chi connectivity index (χ0) is 20.2. The first kappa shape index (κ1) is 20.3. The molecule has 1 aliphatic carbocycles. The molecule has 4 rings (SSSR count). The maximum Gasteiger partial charge on any atom is 0.274 e. The highest BCUT2D eigenvalue weighted by atomic mass is 32.1. The number of fused-ring (bicyclic) bond motifs is 1. The van der Waals surface area contributed by atoms with Gasteiger partial charge in [-0.3, -0.25) is 9.59 Å². The standard InChI is InChI=1S/C20H30N6O2S/c1-24(15-8-4-2-5-9-15)13-10-21-18(28)16-14-17(27)22-19-26(16)23-20(29-19)25-11-6-3-7-12-25/h14-15H,2-13H2,1H3,(H,21,28). The minimum Gasteiger partial charge on any atom is -0.349 e. The first-order valence-electron chi connectivity index (χ1n) is 10.8. The molecule has 0 bridgehead atoms. The van der Waals surface area contributed by atoms with E-state index in [0.717, 1.165) is 37.6 Å². The maximum atomic E-state index is 12.8. The van der Waals surface area contributed by atoms with Crippen molar-refractivity contribution in [1.29, 1.82) is 0 Å². The van der Waals surface area contributed by atoms with Gasteiger partial charge >= 0.3 is 0 Å². The van der Waals surface area contributed by atoms with E-state index in [4.69, 9.17) is 0 Å². The predicted octanol–water partition coefficient (Wildman–Crippen LogP) is 2.14. The van der Waals surface area contributed by atoms with Gasteiger partial charge < -0.3 is 15.1 Å². The predicted molar refractivity (Wildman–Crippen MR) is 115 cm³/mol. The van der Waals surface area contributed by atoms with Crippen LogP contribution in [-0.2, 0) is 0 Å². The van der Waals surface area contributed by atoms with Crippen molar-refractivity contribution in [3.63, 3.8) is 0 Å². The number of rotatable bonds is 6. The molecule has 1 N–H and O–H groups in total. The lowest BCUT2D eigenvalue weighted by Gasteiger charge is -2.31. The molecule has 8 nitrogen and oxygen atoms in total. The van der Waals surface area contributed by atoms with Crippen molar-refractivity contribution in [2.45, 2.75) is 57.4 Å². The summed E-state index contributed by atoms with van der Waals surface area (Å²) >= 11 is 1.38. The van der Waals surface area contributed by atoms with Gasteiger partial charge in [-0.15, -0.1) is 5.10 Å². The van der Waals surface area contributed by atoms with Crippen LogP contribution in [0.3, 0.4) is 0 Å². The molecule has 0 radical (unpaired) electrons. The van der Waals surface area contributed by atoms with Crippen LogP contribution in [0, 0.1) is 0 Å². The molecule has 2 aliphatic rings. The van der Waals surface area contributed by atoms with Gasteiger partial charge in [0.05, 0.1) is 0 Å². The number of piperidine rings is 1. The molecule has 1 amide bonds. The number of nitrogens with one attached hydrogen (secondary N) is 1. The fourth-order valence-corrected chi connectivity index (χ4v) is 5.28. The van der Waals surface area contributed by atoms with Crippen LogP contribution < -0.4 is 15.8 Å². The molecule has 9 heteroatoms. The van der Waals surface area contributed by atoms with E-state index in [9.17, 15) is 9.59 Å². The molecule has 1 aliphatic heterocycles. The Bertz CT molecular complexity index is 898. The Morgan fingerprint density at radius 1 is 1.21 bits per heavy atom. The highest BCUT2D eigenvalue weighted by Crippen LogP contribution is 2.25. The van der Waals surface area contributed by atoms with Gasteiger partial charge in [-0.2, -0.15) is 9.50 Å². The van der Waals surface area contributed by atoms with E-state index >= 15 is 0 Å². The van der Waals surface area contributed by atoms with Crippen LogP contribution in [0.25, 0.3) is 4.96 Å². The Morgan fingerprint density at radius 2 is 1.93 bits per heavy atom. The lowest BCUT2D eigenvalue weighted by molar-refractivity contribution is 0.0937. The third-order valence-electron chi connectivity index (χ3n) is 6.05. The van der Waals surface area contributed by atoms with Crippen LogP contribution >= 0.6 is 11.3 Å². The van der Waals surface area contributed by atoms with E-state index in [0.29, 0.717) is 17.5 Å². The summed E-state index contributed by atoms with van der Waals surface area (Å²) in [6.45, 7) is 3.27. The molecule has 158 valence electrons. The van der Waals surface area contributed by atoms with Crippen molar-refractivity contribution in [3.05, 3.63) is 22.1 Å². The van der Waals surface area contributed by atoms with E-state index in [1.807, 2.05) is 0 Å². The molecule has 0 aromatic carbocycles. The largest absolute Gasteiger partial charge is 0.349 e. The van der Waals surface area contributed by atoms with Gasteiger partial charge in [0.2, 0.25) is 10.1 Å². The molecular weight excluding hydrogens is 388 g/mol. The summed E-state index contributed by atoms with van der Waals surface area (Å²) in [6, 6.07) is 1.90. The molecule has 2 aromatic heterocycles. The average molecular weight is 419 g/mol. The van der Waals surface area contributed by atoms with Crippen LogP contribution in [0.1, 0.15) is 61.9 Å². The second-order valence-corrected chi connectivity index (χ2v) is 9.07. The zero-order valence-corrected chi connectivity index (χ0v) is 17.9. The number of amides is 1. The van der Waals surface area contributed by atoms with Gasteiger partial charge in [-0.05, 0) is 39.2 Å². The molecule has 0 spiro atoms. The summed E-state index contributed by atoms with van der Waals surface area (Å²) in [7, 11) is 2.13. The van der Waals surface area contributed by atoms with Crippen LogP contribution in [-0.4, -0.2) is 64.7 Å². The number of hydrogen-bond acceptors (Lipinski definition) is 7. The Kier molecular flexibility index (Phi) is 6.44. The highest BCUT2D eigenvalue weighted by molar-refractivity contribution is 7.20. The Labute approximate surface area is 174 Å². The third kappa shape index (κ3) is 4.78. The van der Waals surface area contributed by atoms with Crippen LogP contribution in [0.5, 0.6) is 0 Å². The number of aromatic nitrogens is 3. The second kappa shape index (κ2) is 9.21. The topological polar surface area (TPSA) is 82.8 Å². The van der Waals surface area contributed by atoms with Gasteiger partial charge in [0.15, 0.2) is 0 Å². The van der Waals surface area contributed by atoms with Crippen molar-refractivity contribution in [3.8, 4) is 0 Å². The molecule has 3 heterocycles. The smallest absolute Gasteiger partial charge is 0.274 e. The molecule has 0 unspecified atom stereocenters. The summed E-state index contributed by atoms with van der Waals surface area (Å²) in [5.74, 6) is -0.271. The Morgan fingerprint density at radius 3 is 2.69 bits per heavy atom. The number of nitrogens with zero attached hydrogens (tertiary/aromatic N) is 5. The SMILES string of the molecule is CN(CCNC(=O)c1cc(=O)nc2sc(N3CCCCC3)nn12)C1CCCCC1. The second-order valence-electron chi connectivity index (χ2n) is 8.13. The first-order valence-corrected chi connectivity index (χ1v) is 11.6. The normalized spacial score (nSPS) is 18.5. The lowest BCUT2D eigenvalue weighted by atomic mass is 9.94. The van der Waals surface area contributed by atoms with Crippen molar-refractivity contribution in [2.24, 2.45) is 0 Å². The van der Waals surface area contributed by atoms with Gasteiger partial charge in [-0.25, -0.2) is 0 Å². The van der Waals surface area contributed by atoms with Crippen molar-refractivity contribution < 1.29 is 4.79 Å². The minimum atomic E-state index is -0.400. The Balaban J connectivity index is 1.43. The van der Waals surface area contributed by atoms with Crippen LogP contribution in [0.4, 0.5) is 5.13 Å². The highest BCUT2D eigenvalue weighted by Gasteiger charge is 2.21. The van der Waals surface area contributed by atoms with Gasteiger partial charge in [0, 0.05) is 38.3 Å². The molecule has 29 heavy (non-hydrogen) atoms. The molecule has 1 saturated heterocycles. The molecule has 2 fully saturated rings. The monoisotopic (exact) mass is 418 g/mol. The first-order chi connectivity index (χ1) is 14.1. The quantitative estimate of drug-likeness (QED) is 0.774. The van der Waals surface area contributed by atoms with Crippen molar-refractivity contribution in [2.75, 3.05) is 38.1 Å². The van der Waals surface area contributed by atoms with Gasteiger partial charge in [-0.1, -0.05) is 30.6 Å². The van der Waals surface area contributed by atoms with Crippen molar-refractivity contribution >= 4 is 27.3 Å². The summed E-state index contributed by atoms with van der Waals surface area (Å²) in [4.78, 5) is 33.9. The molecule has 2 aromatic rings. The summed E-state index contributed by atoms with van der Waals surface area (Å²) in [5, 5.41) is 8.39. The van der Waals surface area contributed by atoms with E-state index in [1.165, 1.54) is 60.4 Å². The summed E-state index contributed by atoms with van der Waals surface area (Å²) in [6.07, 6.45) is 9.92.